The third kappa shape index (κ3) is 1.94. The summed E-state index contributed by atoms with van der Waals surface area (Å²) in [5.41, 5.74) is 3.24. The van der Waals surface area contributed by atoms with Crippen LogP contribution in [0.15, 0.2) is 24.4 Å². The average molecular weight is 275 g/mol. The lowest BCUT2D eigenvalue weighted by atomic mass is 10.0. The molecule has 5 heteroatoms. The first kappa shape index (κ1) is 13.0. The molecule has 0 radical (unpaired) electrons. The van der Waals surface area contributed by atoms with Crippen LogP contribution < -0.4 is 10.1 Å². The molecule has 0 amide bonds. The van der Waals surface area contributed by atoms with Crippen LogP contribution in [0, 0.1) is 0 Å². The first-order valence-corrected chi connectivity index (χ1v) is 6.85. The predicted octanol–water partition coefficient (Wildman–Crippen LogP) is 2.94. The predicted molar refractivity (Wildman–Crippen MR) is 76.0 cm³/mol. The zero-order valence-corrected chi connectivity index (χ0v) is 11.7. The molecule has 2 aromatic rings. The number of aromatic nitrogens is 2. The van der Waals surface area contributed by atoms with Crippen molar-refractivity contribution in [1.82, 2.24) is 9.78 Å². The van der Waals surface area contributed by atoms with Gasteiger partial charge in [-0.25, -0.2) is 4.39 Å². The Morgan fingerprint density at radius 2 is 2.35 bits per heavy atom. The zero-order valence-electron chi connectivity index (χ0n) is 11.7. The van der Waals surface area contributed by atoms with Gasteiger partial charge in [0.1, 0.15) is 5.69 Å². The summed E-state index contributed by atoms with van der Waals surface area (Å²) in [7, 11) is 1.54. The number of methoxy groups -OCH3 is 1. The van der Waals surface area contributed by atoms with Crippen LogP contribution in [-0.2, 0) is 13.0 Å². The Kier molecular flexibility index (Phi) is 3.34. The summed E-state index contributed by atoms with van der Waals surface area (Å²) in [6.07, 6.45) is 1.27. The lowest BCUT2D eigenvalue weighted by Gasteiger charge is -2.16. The maximum atomic E-state index is 15.1. The number of hydrogen-bond donors (Lipinski definition) is 1. The Balaban J connectivity index is 2.07. The molecule has 20 heavy (non-hydrogen) atoms. The Morgan fingerprint density at radius 3 is 3.10 bits per heavy atom. The fourth-order valence-corrected chi connectivity index (χ4v) is 2.77. The molecule has 0 spiro atoms. The molecular formula is C15H18FN3O. The minimum atomic E-state index is -1.24. The van der Waals surface area contributed by atoms with E-state index in [1.165, 1.54) is 5.56 Å². The molecule has 1 aliphatic heterocycles. The van der Waals surface area contributed by atoms with Gasteiger partial charge in [-0.15, -0.1) is 0 Å². The molecule has 1 N–H and O–H groups in total. The smallest absolute Gasteiger partial charge is 0.172 e. The Bertz CT molecular complexity index is 602. The van der Waals surface area contributed by atoms with Gasteiger partial charge in [-0.1, -0.05) is 18.2 Å². The summed E-state index contributed by atoms with van der Waals surface area (Å²) < 4.78 is 22.0. The van der Waals surface area contributed by atoms with Crippen molar-refractivity contribution in [2.24, 2.45) is 0 Å². The fourth-order valence-electron chi connectivity index (χ4n) is 2.77. The topological polar surface area (TPSA) is 39.1 Å². The van der Waals surface area contributed by atoms with E-state index in [2.05, 4.69) is 10.4 Å². The lowest BCUT2D eigenvalue weighted by molar-refractivity contribution is 0.346. The van der Waals surface area contributed by atoms with Crippen molar-refractivity contribution in [1.29, 1.82) is 0 Å². The van der Waals surface area contributed by atoms with Crippen molar-refractivity contribution < 1.29 is 9.13 Å². The summed E-state index contributed by atoms with van der Waals surface area (Å²) in [5.74, 6) is 0.495. The summed E-state index contributed by atoms with van der Waals surface area (Å²) in [5, 5.41) is 7.45. The number of fused-ring (bicyclic) bond motifs is 1. The van der Waals surface area contributed by atoms with E-state index in [0.29, 0.717) is 23.6 Å². The highest BCUT2D eigenvalue weighted by molar-refractivity contribution is 5.63. The zero-order chi connectivity index (χ0) is 14.1. The van der Waals surface area contributed by atoms with Gasteiger partial charge in [0.05, 0.1) is 13.3 Å². The van der Waals surface area contributed by atoms with E-state index in [-0.39, 0.29) is 0 Å². The molecule has 3 rings (SSSR count). The van der Waals surface area contributed by atoms with Gasteiger partial charge in [0, 0.05) is 24.3 Å². The summed E-state index contributed by atoms with van der Waals surface area (Å²) in [6, 6.07) is 5.78. The molecule has 4 nitrogen and oxygen atoms in total. The van der Waals surface area contributed by atoms with Crippen molar-refractivity contribution in [2.45, 2.75) is 26.1 Å². The van der Waals surface area contributed by atoms with Gasteiger partial charge < -0.3 is 10.1 Å². The lowest BCUT2D eigenvalue weighted by Crippen LogP contribution is -2.09. The van der Waals surface area contributed by atoms with E-state index >= 15 is 4.39 Å². The number of aryl methyl sites for hydroxylation is 1. The molecule has 2 heterocycles. The highest BCUT2D eigenvalue weighted by Gasteiger charge is 2.27. The molecule has 1 aromatic heterocycles. The van der Waals surface area contributed by atoms with Crippen LogP contribution in [0.4, 0.5) is 10.1 Å². The molecule has 0 fully saturated rings. The number of hydrogen-bond acceptors (Lipinski definition) is 3. The molecule has 0 bridgehead atoms. The molecule has 1 aliphatic rings. The Labute approximate surface area is 117 Å². The van der Waals surface area contributed by atoms with Gasteiger partial charge in [-0.2, -0.15) is 5.10 Å². The second-order valence-electron chi connectivity index (χ2n) is 4.83. The number of rotatable bonds is 4. The van der Waals surface area contributed by atoms with Crippen LogP contribution in [0.5, 0.6) is 5.75 Å². The molecule has 1 atom stereocenters. The number of ether oxygens (including phenoxy) is 1. The number of nitrogens with one attached hydrogen (secondary N) is 1. The van der Waals surface area contributed by atoms with E-state index in [1.54, 1.807) is 18.0 Å². The second-order valence-corrected chi connectivity index (χ2v) is 4.83. The number of anilines is 1. The van der Waals surface area contributed by atoms with Crippen LogP contribution in [-0.4, -0.2) is 23.4 Å². The van der Waals surface area contributed by atoms with Gasteiger partial charge in [-0.3, -0.25) is 4.68 Å². The normalized spacial score (nSPS) is 14.8. The van der Waals surface area contributed by atoms with E-state index < -0.39 is 6.17 Å². The molecule has 0 saturated carbocycles. The number of halogens is 1. The van der Waals surface area contributed by atoms with Crippen LogP contribution in [0.25, 0.3) is 0 Å². The van der Waals surface area contributed by atoms with Gasteiger partial charge in [0.15, 0.2) is 11.9 Å². The first-order chi connectivity index (χ1) is 9.76. The number of alkyl halides is 1. The van der Waals surface area contributed by atoms with E-state index in [0.717, 1.165) is 18.7 Å². The Hall–Kier alpha value is -2.04. The third-order valence-corrected chi connectivity index (χ3v) is 3.76. The number of para-hydroxylation sites is 1. The van der Waals surface area contributed by atoms with Crippen molar-refractivity contribution >= 4 is 5.69 Å². The maximum absolute atomic E-state index is 15.1. The monoisotopic (exact) mass is 275 g/mol. The highest BCUT2D eigenvalue weighted by atomic mass is 19.1. The molecular weight excluding hydrogens is 257 g/mol. The maximum Gasteiger partial charge on any atom is 0.172 e. The van der Waals surface area contributed by atoms with Crippen LogP contribution in [0.1, 0.15) is 29.9 Å². The molecule has 1 unspecified atom stereocenters. The Morgan fingerprint density at radius 1 is 1.50 bits per heavy atom. The van der Waals surface area contributed by atoms with E-state index in [9.17, 15) is 0 Å². The third-order valence-electron chi connectivity index (χ3n) is 3.76. The van der Waals surface area contributed by atoms with Gasteiger partial charge in [0.25, 0.3) is 0 Å². The number of nitrogens with zero attached hydrogens (tertiary/aromatic N) is 2. The minimum absolute atomic E-state index is 0.483. The average Bonchev–Trinajstić information content (AvgIpc) is 3.11. The quantitative estimate of drug-likeness (QED) is 0.932. The summed E-state index contributed by atoms with van der Waals surface area (Å²) in [6.45, 7) is 3.42. The van der Waals surface area contributed by atoms with Crippen LogP contribution >= 0.6 is 0 Å². The van der Waals surface area contributed by atoms with Crippen molar-refractivity contribution in [3.8, 4) is 5.75 Å². The van der Waals surface area contributed by atoms with Crippen LogP contribution in [0.3, 0.4) is 0 Å². The van der Waals surface area contributed by atoms with Crippen molar-refractivity contribution in [3.63, 3.8) is 0 Å². The summed E-state index contributed by atoms with van der Waals surface area (Å²) >= 11 is 0. The number of benzene rings is 1. The van der Waals surface area contributed by atoms with Crippen molar-refractivity contribution in [2.75, 3.05) is 19.0 Å². The first-order valence-electron chi connectivity index (χ1n) is 6.85. The van der Waals surface area contributed by atoms with Crippen LogP contribution in [0.2, 0.25) is 0 Å². The second kappa shape index (κ2) is 5.15. The molecule has 1 aromatic carbocycles. The highest BCUT2D eigenvalue weighted by Crippen LogP contribution is 2.39. The standard InChI is InChI=1S/C15H18FN3O/c1-3-19-15(12(20-2)9-18-19)13(16)11-6-4-5-10-7-8-17-14(10)11/h4-6,9,13,17H,3,7-8H2,1-2H3. The molecule has 0 aliphatic carbocycles. The molecule has 106 valence electrons. The minimum Gasteiger partial charge on any atom is -0.493 e. The van der Waals surface area contributed by atoms with Gasteiger partial charge in [0.2, 0.25) is 0 Å². The molecule has 0 saturated heterocycles. The fraction of sp³-hybridized carbons (Fsp3) is 0.400. The van der Waals surface area contributed by atoms with E-state index in [4.69, 9.17) is 4.74 Å². The summed E-state index contributed by atoms with van der Waals surface area (Å²) in [4.78, 5) is 0. The SMILES string of the molecule is CCn1ncc(OC)c1C(F)c1cccc2c1NCC2. The van der Waals surface area contributed by atoms with E-state index in [1.807, 2.05) is 25.1 Å². The largest absolute Gasteiger partial charge is 0.493 e. The van der Waals surface area contributed by atoms with Gasteiger partial charge in [-0.05, 0) is 18.9 Å². The van der Waals surface area contributed by atoms with Gasteiger partial charge >= 0.3 is 0 Å². The van der Waals surface area contributed by atoms with Crippen molar-refractivity contribution in [3.05, 3.63) is 41.2 Å².